The van der Waals surface area contributed by atoms with Gasteiger partial charge in [-0.3, -0.25) is 9.69 Å². The molecule has 1 aromatic heterocycles. The molecule has 7 nitrogen and oxygen atoms in total. The van der Waals surface area contributed by atoms with E-state index in [0.29, 0.717) is 12.5 Å². The first-order valence-electron chi connectivity index (χ1n) is 7.39. The number of hydrogen-bond acceptors (Lipinski definition) is 5. The van der Waals surface area contributed by atoms with Crippen LogP contribution in [-0.4, -0.2) is 58.9 Å². The number of nitrogens with one attached hydrogen (secondary N) is 1. The van der Waals surface area contributed by atoms with Gasteiger partial charge in [-0.1, -0.05) is 0 Å². The van der Waals surface area contributed by atoms with Crippen LogP contribution >= 0.6 is 0 Å². The number of amides is 3. The summed E-state index contributed by atoms with van der Waals surface area (Å²) in [4.78, 5) is 31.2. The fourth-order valence-corrected chi connectivity index (χ4v) is 2.95. The van der Waals surface area contributed by atoms with Crippen LogP contribution in [0.4, 0.5) is 4.79 Å². The monoisotopic (exact) mass is 292 g/mol. The second-order valence-corrected chi connectivity index (χ2v) is 5.65. The second kappa shape index (κ2) is 5.85. The molecule has 2 fully saturated rings. The maximum Gasteiger partial charge on any atom is 0.324 e. The van der Waals surface area contributed by atoms with E-state index in [9.17, 15) is 9.59 Å². The number of oxazole rings is 1. The molecule has 3 rings (SSSR count). The molecule has 2 saturated heterocycles. The Bertz CT molecular complexity index is 508. The molecule has 0 saturated carbocycles. The van der Waals surface area contributed by atoms with Crippen LogP contribution in [0.2, 0.25) is 0 Å². The maximum absolute atomic E-state index is 11.8. The zero-order valence-corrected chi connectivity index (χ0v) is 12.1. The van der Waals surface area contributed by atoms with Gasteiger partial charge in [0.25, 0.3) is 5.91 Å². The van der Waals surface area contributed by atoms with Gasteiger partial charge in [0.1, 0.15) is 12.3 Å². The zero-order chi connectivity index (χ0) is 14.8. The maximum atomic E-state index is 11.8. The molecular formula is C14H20N4O3. The van der Waals surface area contributed by atoms with Crippen molar-refractivity contribution in [2.24, 2.45) is 0 Å². The van der Waals surface area contributed by atoms with E-state index in [0.717, 1.165) is 38.4 Å². The molecule has 2 aliphatic rings. The Labute approximate surface area is 123 Å². The van der Waals surface area contributed by atoms with E-state index in [2.05, 4.69) is 15.2 Å². The van der Waals surface area contributed by atoms with E-state index in [1.54, 1.807) is 19.4 Å². The highest BCUT2D eigenvalue weighted by molar-refractivity contribution is 6.03. The predicted molar refractivity (Wildman–Crippen MR) is 74.6 cm³/mol. The normalized spacial score (nSPS) is 24.6. The Morgan fingerprint density at radius 1 is 1.33 bits per heavy atom. The topological polar surface area (TPSA) is 78.7 Å². The highest BCUT2D eigenvalue weighted by atomic mass is 16.3. The summed E-state index contributed by atoms with van der Waals surface area (Å²) in [5.41, 5.74) is 0. The molecular weight excluding hydrogens is 272 g/mol. The number of rotatable bonds is 4. The lowest BCUT2D eigenvalue weighted by Gasteiger charge is -2.31. The molecule has 3 amide bonds. The molecule has 0 aliphatic carbocycles. The largest absolute Gasteiger partial charge is 0.449 e. The Kier molecular flexibility index (Phi) is 3.92. The third-order valence-corrected chi connectivity index (χ3v) is 4.25. The Morgan fingerprint density at radius 3 is 2.67 bits per heavy atom. The van der Waals surface area contributed by atoms with Crippen LogP contribution in [0.15, 0.2) is 16.9 Å². The molecule has 0 aromatic carbocycles. The second-order valence-electron chi connectivity index (χ2n) is 5.65. The van der Waals surface area contributed by atoms with Crippen molar-refractivity contribution in [3.8, 4) is 0 Å². The minimum Gasteiger partial charge on any atom is -0.449 e. The molecule has 7 heteroatoms. The Hall–Kier alpha value is -1.89. The van der Waals surface area contributed by atoms with Crippen LogP contribution in [0.3, 0.4) is 0 Å². The van der Waals surface area contributed by atoms with Gasteiger partial charge in [-0.15, -0.1) is 0 Å². The highest BCUT2D eigenvalue weighted by Crippen LogP contribution is 2.26. The number of carbonyl (C=O) groups is 2. The van der Waals surface area contributed by atoms with Crippen LogP contribution in [0.1, 0.15) is 31.6 Å². The van der Waals surface area contributed by atoms with E-state index in [-0.39, 0.29) is 11.9 Å². The summed E-state index contributed by atoms with van der Waals surface area (Å²) in [5, 5.41) is 2.63. The fraction of sp³-hybridized carbons (Fsp3) is 0.643. The van der Waals surface area contributed by atoms with Gasteiger partial charge in [-0.05, 0) is 32.9 Å². The van der Waals surface area contributed by atoms with Gasteiger partial charge in [0.15, 0.2) is 5.89 Å². The standard InChI is InChI=1S/C14H20N4O3/c1-10-13(19)18(14(20)16-10)8-7-17-5-2-11(3-6-17)12-15-4-9-21-12/h4,9-11H,2-3,5-8H2,1H3,(H,16,20). The van der Waals surface area contributed by atoms with Crippen molar-refractivity contribution in [1.82, 2.24) is 20.1 Å². The minimum atomic E-state index is -0.395. The van der Waals surface area contributed by atoms with E-state index >= 15 is 0 Å². The molecule has 1 N–H and O–H groups in total. The van der Waals surface area contributed by atoms with Crippen LogP contribution < -0.4 is 5.32 Å². The molecule has 0 bridgehead atoms. The Balaban J connectivity index is 1.46. The fourth-order valence-electron chi connectivity index (χ4n) is 2.95. The predicted octanol–water partition coefficient (Wildman–Crippen LogP) is 0.794. The lowest BCUT2D eigenvalue weighted by atomic mass is 9.97. The lowest BCUT2D eigenvalue weighted by molar-refractivity contribution is -0.127. The number of aromatic nitrogens is 1. The first kappa shape index (κ1) is 14.1. The van der Waals surface area contributed by atoms with Crippen molar-refractivity contribution in [1.29, 1.82) is 0 Å². The van der Waals surface area contributed by atoms with E-state index < -0.39 is 6.04 Å². The third kappa shape index (κ3) is 2.92. The molecule has 0 radical (unpaired) electrons. The number of urea groups is 1. The average molecular weight is 292 g/mol. The van der Waals surface area contributed by atoms with Gasteiger partial charge in [-0.25, -0.2) is 9.78 Å². The summed E-state index contributed by atoms with van der Waals surface area (Å²) < 4.78 is 5.35. The van der Waals surface area contributed by atoms with Crippen molar-refractivity contribution >= 4 is 11.9 Å². The molecule has 0 spiro atoms. The summed E-state index contributed by atoms with van der Waals surface area (Å²) >= 11 is 0. The smallest absolute Gasteiger partial charge is 0.324 e. The van der Waals surface area contributed by atoms with Gasteiger partial charge >= 0.3 is 6.03 Å². The van der Waals surface area contributed by atoms with Crippen LogP contribution in [-0.2, 0) is 4.79 Å². The van der Waals surface area contributed by atoms with E-state index in [1.165, 1.54) is 4.90 Å². The molecule has 1 aromatic rings. The lowest BCUT2D eigenvalue weighted by Crippen LogP contribution is -2.41. The summed E-state index contributed by atoms with van der Waals surface area (Å²) in [6.45, 7) is 4.77. The molecule has 21 heavy (non-hydrogen) atoms. The van der Waals surface area contributed by atoms with Crippen molar-refractivity contribution in [3.05, 3.63) is 18.4 Å². The zero-order valence-electron chi connectivity index (χ0n) is 12.1. The number of piperidine rings is 1. The average Bonchev–Trinajstić information content (AvgIpc) is 3.09. The first-order chi connectivity index (χ1) is 10.1. The summed E-state index contributed by atoms with van der Waals surface area (Å²) in [6, 6.07) is -0.671. The molecule has 1 atom stereocenters. The molecule has 3 heterocycles. The number of hydrogen-bond donors (Lipinski definition) is 1. The third-order valence-electron chi connectivity index (χ3n) is 4.25. The SMILES string of the molecule is CC1NC(=O)N(CCN2CCC(c3ncco3)CC2)C1=O. The quantitative estimate of drug-likeness (QED) is 0.830. The summed E-state index contributed by atoms with van der Waals surface area (Å²) in [7, 11) is 0. The minimum absolute atomic E-state index is 0.130. The first-order valence-corrected chi connectivity index (χ1v) is 7.39. The molecule has 1 unspecified atom stereocenters. The number of nitrogens with zero attached hydrogens (tertiary/aromatic N) is 3. The number of imide groups is 1. The van der Waals surface area contributed by atoms with Gasteiger partial charge in [0.2, 0.25) is 0 Å². The number of likely N-dealkylation sites (tertiary alicyclic amines) is 1. The van der Waals surface area contributed by atoms with Crippen LogP contribution in [0, 0.1) is 0 Å². The molecule has 114 valence electrons. The number of carbonyl (C=O) groups excluding carboxylic acids is 2. The van der Waals surface area contributed by atoms with Crippen molar-refractivity contribution in [2.45, 2.75) is 31.7 Å². The van der Waals surface area contributed by atoms with Crippen molar-refractivity contribution in [2.75, 3.05) is 26.2 Å². The highest BCUT2D eigenvalue weighted by Gasteiger charge is 2.35. The Morgan fingerprint density at radius 2 is 2.10 bits per heavy atom. The summed E-state index contributed by atoms with van der Waals surface area (Å²) in [5.74, 6) is 1.07. The van der Waals surface area contributed by atoms with E-state index in [4.69, 9.17) is 4.42 Å². The van der Waals surface area contributed by atoms with E-state index in [1.807, 2.05) is 0 Å². The van der Waals surface area contributed by atoms with Gasteiger partial charge in [0, 0.05) is 19.0 Å². The van der Waals surface area contributed by atoms with Crippen LogP contribution in [0.5, 0.6) is 0 Å². The van der Waals surface area contributed by atoms with Crippen LogP contribution in [0.25, 0.3) is 0 Å². The summed E-state index contributed by atoms with van der Waals surface area (Å²) in [6.07, 6.45) is 5.29. The van der Waals surface area contributed by atoms with Gasteiger partial charge in [-0.2, -0.15) is 0 Å². The van der Waals surface area contributed by atoms with Gasteiger partial charge in [0.05, 0.1) is 6.20 Å². The van der Waals surface area contributed by atoms with Crippen molar-refractivity contribution in [3.63, 3.8) is 0 Å². The molecule has 2 aliphatic heterocycles. The van der Waals surface area contributed by atoms with Crippen molar-refractivity contribution < 1.29 is 14.0 Å². The van der Waals surface area contributed by atoms with Gasteiger partial charge < -0.3 is 14.6 Å².